The molecular formula is C14H9F3N4O4. The maximum atomic E-state index is 12.5. The van der Waals surface area contributed by atoms with Gasteiger partial charge in [0, 0.05) is 18.0 Å². The molecule has 0 bridgehead atoms. The van der Waals surface area contributed by atoms with Gasteiger partial charge in [0.05, 0.1) is 6.54 Å². The first kappa shape index (κ1) is 16.5. The summed E-state index contributed by atoms with van der Waals surface area (Å²) in [6, 6.07) is 5.38. The Morgan fingerprint density at radius 3 is 2.64 bits per heavy atom. The van der Waals surface area contributed by atoms with Crippen molar-refractivity contribution >= 4 is 11.5 Å². The molecule has 2 heterocycles. The van der Waals surface area contributed by atoms with Gasteiger partial charge in [0.15, 0.2) is 0 Å². The molecule has 0 unspecified atom stereocenters. The standard InChI is InChI=1S/C14H9F3N4O4/c15-14(16,17)25-10-4-2-1-3-9(10)7-20-6-5-19-8-11(21(23)24)18-12(19)13(20)22/h1-6,8H,7H2. The summed E-state index contributed by atoms with van der Waals surface area (Å²) in [5.74, 6) is -0.938. The lowest BCUT2D eigenvalue weighted by atomic mass is 10.2. The lowest BCUT2D eigenvalue weighted by molar-refractivity contribution is -0.389. The summed E-state index contributed by atoms with van der Waals surface area (Å²) in [6.45, 7) is -0.220. The molecule has 11 heteroatoms. The second-order valence-electron chi connectivity index (χ2n) is 4.97. The topological polar surface area (TPSA) is 91.7 Å². The molecule has 25 heavy (non-hydrogen) atoms. The van der Waals surface area contributed by atoms with E-state index in [9.17, 15) is 28.1 Å². The van der Waals surface area contributed by atoms with E-state index in [4.69, 9.17) is 0 Å². The van der Waals surface area contributed by atoms with E-state index < -0.39 is 28.4 Å². The first-order valence-corrected chi connectivity index (χ1v) is 6.81. The minimum Gasteiger partial charge on any atom is -0.405 e. The van der Waals surface area contributed by atoms with E-state index >= 15 is 0 Å². The number of hydrogen-bond acceptors (Lipinski definition) is 5. The van der Waals surface area contributed by atoms with Gasteiger partial charge in [-0.1, -0.05) is 18.2 Å². The second-order valence-corrected chi connectivity index (χ2v) is 4.97. The molecule has 0 fully saturated rings. The number of para-hydroxylation sites is 1. The average Bonchev–Trinajstić information content (AvgIpc) is 2.96. The highest BCUT2D eigenvalue weighted by Gasteiger charge is 2.32. The Bertz CT molecular complexity index is 1010. The van der Waals surface area contributed by atoms with E-state index in [1.165, 1.54) is 35.0 Å². The van der Waals surface area contributed by atoms with Gasteiger partial charge in [0.1, 0.15) is 11.9 Å². The molecule has 8 nitrogen and oxygen atoms in total. The van der Waals surface area contributed by atoms with Crippen molar-refractivity contribution in [1.82, 2.24) is 14.0 Å². The lowest BCUT2D eigenvalue weighted by Gasteiger charge is -2.13. The summed E-state index contributed by atoms with van der Waals surface area (Å²) in [5, 5.41) is 10.7. The Kier molecular flexibility index (Phi) is 3.91. The van der Waals surface area contributed by atoms with E-state index in [2.05, 4.69) is 9.72 Å². The van der Waals surface area contributed by atoms with Crippen LogP contribution in [0.2, 0.25) is 0 Å². The zero-order valence-corrected chi connectivity index (χ0v) is 12.3. The molecule has 130 valence electrons. The molecule has 0 saturated heterocycles. The number of hydrogen-bond donors (Lipinski definition) is 0. The minimum absolute atomic E-state index is 0.118. The highest BCUT2D eigenvalue weighted by atomic mass is 19.4. The van der Waals surface area contributed by atoms with E-state index in [-0.39, 0.29) is 17.8 Å². The van der Waals surface area contributed by atoms with Gasteiger partial charge in [0.2, 0.25) is 0 Å². The zero-order chi connectivity index (χ0) is 18.2. The second kappa shape index (κ2) is 5.92. The molecule has 0 aliphatic carbocycles. The fraction of sp³-hybridized carbons (Fsp3) is 0.143. The molecule has 0 radical (unpaired) electrons. The number of nitro groups is 1. The number of benzene rings is 1. The minimum atomic E-state index is -4.87. The van der Waals surface area contributed by atoms with Crippen molar-refractivity contribution in [2.24, 2.45) is 0 Å². The number of imidazole rings is 1. The van der Waals surface area contributed by atoms with Crippen LogP contribution in [0.1, 0.15) is 5.56 Å². The van der Waals surface area contributed by atoms with Crippen LogP contribution in [0.15, 0.2) is 47.7 Å². The first-order valence-electron chi connectivity index (χ1n) is 6.81. The summed E-state index contributed by atoms with van der Waals surface area (Å²) in [6.07, 6.45) is -1.15. The maximum absolute atomic E-state index is 12.5. The van der Waals surface area contributed by atoms with Crippen molar-refractivity contribution in [2.45, 2.75) is 12.9 Å². The van der Waals surface area contributed by atoms with Gasteiger partial charge in [-0.25, -0.2) is 0 Å². The van der Waals surface area contributed by atoms with Gasteiger partial charge < -0.3 is 19.4 Å². The van der Waals surface area contributed by atoms with E-state index in [0.717, 1.165) is 16.8 Å². The van der Waals surface area contributed by atoms with Crippen LogP contribution in [0.25, 0.3) is 5.65 Å². The van der Waals surface area contributed by atoms with Gasteiger partial charge in [-0.05, 0) is 16.0 Å². The number of alkyl halides is 3. The van der Waals surface area contributed by atoms with Crippen molar-refractivity contribution in [3.05, 3.63) is 68.9 Å². The average molecular weight is 354 g/mol. The quantitative estimate of drug-likeness (QED) is 0.530. The van der Waals surface area contributed by atoms with Crippen molar-refractivity contribution in [1.29, 1.82) is 0 Å². The Hall–Kier alpha value is -3.37. The third kappa shape index (κ3) is 3.44. The van der Waals surface area contributed by atoms with Crippen LogP contribution in [0.3, 0.4) is 0 Å². The Morgan fingerprint density at radius 1 is 1.24 bits per heavy atom. The molecule has 0 aliphatic heterocycles. The summed E-state index contributed by atoms with van der Waals surface area (Å²) in [7, 11) is 0. The molecule has 0 aliphatic rings. The van der Waals surface area contributed by atoms with Crippen molar-refractivity contribution < 1.29 is 22.8 Å². The lowest BCUT2D eigenvalue weighted by Crippen LogP contribution is -2.23. The van der Waals surface area contributed by atoms with Crippen LogP contribution in [-0.4, -0.2) is 25.2 Å². The fourth-order valence-corrected chi connectivity index (χ4v) is 2.26. The van der Waals surface area contributed by atoms with Gasteiger partial charge >= 0.3 is 23.4 Å². The van der Waals surface area contributed by atoms with Gasteiger partial charge in [-0.2, -0.15) is 0 Å². The predicted molar refractivity (Wildman–Crippen MR) is 78.3 cm³/mol. The smallest absolute Gasteiger partial charge is 0.405 e. The van der Waals surface area contributed by atoms with Crippen molar-refractivity contribution in [3.8, 4) is 5.75 Å². The number of aromatic nitrogens is 3. The summed E-state index contributed by atoms with van der Waals surface area (Å²) in [5.41, 5.74) is -0.770. The van der Waals surface area contributed by atoms with Gasteiger partial charge in [-0.15, -0.1) is 13.2 Å². The number of rotatable bonds is 4. The van der Waals surface area contributed by atoms with Crippen LogP contribution in [-0.2, 0) is 6.54 Å². The number of ether oxygens (including phenoxy) is 1. The molecule has 3 aromatic rings. The number of nitrogens with zero attached hydrogens (tertiary/aromatic N) is 4. The fourth-order valence-electron chi connectivity index (χ4n) is 2.26. The molecule has 0 saturated carbocycles. The highest BCUT2D eigenvalue weighted by Crippen LogP contribution is 2.26. The number of halogens is 3. The normalized spacial score (nSPS) is 11.6. The SMILES string of the molecule is O=c1c2nc([N+](=O)[O-])cn2ccn1Cc1ccccc1OC(F)(F)F. The molecular weight excluding hydrogens is 345 g/mol. The third-order valence-electron chi connectivity index (χ3n) is 3.30. The van der Waals surface area contributed by atoms with Crippen LogP contribution < -0.4 is 10.3 Å². The Labute approximate surface area is 136 Å². The highest BCUT2D eigenvalue weighted by molar-refractivity contribution is 5.42. The molecule has 0 atom stereocenters. The zero-order valence-electron chi connectivity index (χ0n) is 12.3. The molecule has 3 rings (SSSR count). The van der Waals surface area contributed by atoms with Crippen LogP contribution in [0.5, 0.6) is 5.75 Å². The molecule has 0 N–H and O–H groups in total. The molecule has 0 spiro atoms. The van der Waals surface area contributed by atoms with Crippen LogP contribution in [0.4, 0.5) is 19.0 Å². The summed E-state index contributed by atoms with van der Waals surface area (Å²) < 4.78 is 43.6. The van der Waals surface area contributed by atoms with E-state index in [0.29, 0.717) is 0 Å². The van der Waals surface area contributed by atoms with E-state index in [1.54, 1.807) is 0 Å². The Morgan fingerprint density at radius 2 is 1.96 bits per heavy atom. The largest absolute Gasteiger partial charge is 0.573 e. The Balaban J connectivity index is 2.00. The first-order chi connectivity index (χ1) is 11.7. The molecule has 0 amide bonds. The number of fused-ring (bicyclic) bond motifs is 1. The molecule has 1 aromatic carbocycles. The molecule has 2 aromatic heterocycles. The van der Waals surface area contributed by atoms with Crippen LogP contribution in [0, 0.1) is 10.1 Å². The summed E-state index contributed by atoms with van der Waals surface area (Å²) in [4.78, 5) is 26.0. The third-order valence-corrected chi connectivity index (χ3v) is 3.30. The van der Waals surface area contributed by atoms with Crippen molar-refractivity contribution in [2.75, 3.05) is 0 Å². The van der Waals surface area contributed by atoms with Gasteiger partial charge in [-0.3, -0.25) is 9.20 Å². The summed E-state index contributed by atoms with van der Waals surface area (Å²) >= 11 is 0. The van der Waals surface area contributed by atoms with Crippen molar-refractivity contribution in [3.63, 3.8) is 0 Å². The predicted octanol–water partition coefficient (Wildman–Crippen LogP) is 2.35. The monoisotopic (exact) mass is 354 g/mol. The van der Waals surface area contributed by atoms with Gasteiger partial charge in [0.25, 0.3) is 0 Å². The van der Waals surface area contributed by atoms with E-state index in [1.807, 2.05) is 0 Å². The maximum Gasteiger partial charge on any atom is 0.573 e. The van der Waals surface area contributed by atoms with Crippen LogP contribution >= 0.6 is 0 Å².